The van der Waals surface area contributed by atoms with Crippen LogP contribution in [0.5, 0.6) is 0 Å². The van der Waals surface area contributed by atoms with Crippen molar-refractivity contribution < 1.29 is 0 Å². The first-order valence-corrected chi connectivity index (χ1v) is 12.1. The first kappa shape index (κ1) is 17.8. The van der Waals surface area contributed by atoms with Gasteiger partial charge in [-0.2, -0.15) is 0 Å². The molecule has 2 aliphatic carbocycles. The molecule has 0 aliphatic heterocycles. The molecule has 1 fully saturated rings. The molecule has 0 radical (unpaired) electrons. The van der Waals surface area contributed by atoms with Crippen LogP contribution in [-0.4, -0.2) is 22.1 Å². The minimum Gasteiger partial charge on any atom is -0.313 e. The Hall–Kier alpha value is -2.02. The number of aromatic nitrogens is 2. The molecular weight excluding hydrogens is 398 g/mol. The molecule has 0 unspecified atom stereocenters. The van der Waals surface area contributed by atoms with Gasteiger partial charge in [0.2, 0.25) is 0 Å². The van der Waals surface area contributed by atoms with Gasteiger partial charge in [-0.25, -0.2) is 4.98 Å². The van der Waals surface area contributed by atoms with Gasteiger partial charge in [-0.1, -0.05) is 18.2 Å². The van der Waals surface area contributed by atoms with Crippen LogP contribution in [0.15, 0.2) is 41.5 Å². The van der Waals surface area contributed by atoms with Crippen molar-refractivity contribution in [1.82, 2.24) is 14.9 Å². The molecule has 6 heteroatoms. The largest absolute Gasteiger partial charge is 0.313 e. The average Bonchev–Trinajstić information content (AvgIpc) is 3.35. The van der Waals surface area contributed by atoms with Crippen molar-refractivity contribution in [3.63, 3.8) is 0 Å². The van der Waals surface area contributed by atoms with Crippen LogP contribution in [0.2, 0.25) is 0 Å². The predicted molar refractivity (Wildman–Crippen MR) is 121 cm³/mol. The molecule has 4 aromatic rings. The summed E-state index contributed by atoms with van der Waals surface area (Å²) < 4.78 is 3.06. The van der Waals surface area contributed by atoms with Crippen molar-refractivity contribution in [3.8, 4) is 0 Å². The number of nitrogens with one attached hydrogen (secondary N) is 1. The van der Waals surface area contributed by atoms with E-state index in [1.807, 2.05) is 0 Å². The maximum atomic E-state index is 13.3. The van der Waals surface area contributed by atoms with Gasteiger partial charge in [0, 0.05) is 20.5 Å². The lowest BCUT2D eigenvalue weighted by Crippen LogP contribution is -2.35. The molecule has 3 heterocycles. The minimum absolute atomic E-state index is 0.120. The summed E-state index contributed by atoms with van der Waals surface area (Å²) in [5.41, 5.74) is 1.38. The van der Waals surface area contributed by atoms with Gasteiger partial charge in [-0.15, -0.1) is 22.7 Å². The summed E-state index contributed by atoms with van der Waals surface area (Å²) in [7, 11) is 0. The Labute approximate surface area is 177 Å². The van der Waals surface area contributed by atoms with E-state index in [2.05, 4.69) is 40.6 Å². The molecule has 1 N–H and O–H groups in total. The van der Waals surface area contributed by atoms with Gasteiger partial charge in [-0.05, 0) is 67.6 Å². The van der Waals surface area contributed by atoms with E-state index in [9.17, 15) is 4.79 Å². The maximum absolute atomic E-state index is 13.3. The Morgan fingerprint density at radius 1 is 1.17 bits per heavy atom. The molecule has 3 aromatic heterocycles. The predicted octanol–water partition coefficient (Wildman–Crippen LogP) is 4.58. The van der Waals surface area contributed by atoms with E-state index in [1.165, 1.54) is 38.2 Å². The fourth-order valence-electron chi connectivity index (χ4n) is 4.43. The molecule has 1 saturated carbocycles. The summed E-state index contributed by atoms with van der Waals surface area (Å²) in [6.45, 7) is 1.75. The van der Waals surface area contributed by atoms with Crippen LogP contribution in [0.4, 0.5) is 0 Å². The SMILES string of the molecule is O=c1c2c3c(sc2ncn1Cc1cc2ccccc2s1)C[C@@H](NCC1CC1)CC3. The molecule has 2 aliphatic rings. The van der Waals surface area contributed by atoms with E-state index in [0.29, 0.717) is 12.6 Å². The van der Waals surface area contributed by atoms with Gasteiger partial charge in [0.05, 0.1) is 18.3 Å². The summed E-state index contributed by atoms with van der Waals surface area (Å²) >= 11 is 3.48. The number of rotatable bonds is 5. The van der Waals surface area contributed by atoms with Crippen LogP contribution in [0, 0.1) is 5.92 Å². The second-order valence-corrected chi connectivity index (χ2v) is 10.7. The minimum atomic E-state index is 0.120. The fraction of sp³-hybridized carbons (Fsp3) is 0.391. The van der Waals surface area contributed by atoms with E-state index < -0.39 is 0 Å². The Bertz CT molecular complexity index is 1230. The van der Waals surface area contributed by atoms with Crippen molar-refractivity contribution >= 4 is 43.0 Å². The molecule has 0 saturated heterocycles. The third-order valence-electron chi connectivity index (χ3n) is 6.23. The van der Waals surface area contributed by atoms with Gasteiger partial charge in [0.1, 0.15) is 4.83 Å². The number of aryl methyl sites for hydroxylation is 1. The van der Waals surface area contributed by atoms with Crippen LogP contribution < -0.4 is 10.9 Å². The van der Waals surface area contributed by atoms with Crippen LogP contribution in [0.1, 0.15) is 34.6 Å². The molecule has 29 heavy (non-hydrogen) atoms. The van der Waals surface area contributed by atoms with Gasteiger partial charge in [0.15, 0.2) is 0 Å². The second kappa shape index (κ2) is 7.04. The second-order valence-electron chi connectivity index (χ2n) is 8.40. The molecule has 0 amide bonds. The van der Waals surface area contributed by atoms with Gasteiger partial charge in [-0.3, -0.25) is 9.36 Å². The topological polar surface area (TPSA) is 46.9 Å². The van der Waals surface area contributed by atoms with Crippen molar-refractivity contribution in [2.45, 2.75) is 44.7 Å². The Kier molecular flexibility index (Phi) is 4.32. The highest BCUT2D eigenvalue weighted by atomic mass is 32.1. The van der Waals surface area contributed by atoms with E-state index in [1.54, 1.807) is 33.6 Å². The lowest BCUT2D eigenvalue weighted by Gasteiger charge is -2.23. The molecule has 4 nitrogen and oxygen atoms in total. The van der Waals surface area contributed by atoms with Gasteiger partial charge in [0.25, 0.3) is 5.56 Å². The van der Waals surface area contributed by atoms with Crippen molar-refractivity contribution in [2.75, 3.05) is 6.54 Å². The highest BCUT2D eigenvalue weighted by Crippen LogP contribution is 2.34. The van der Waals surface area contributed by atoms with Crippen molar-refractivity contribution in [2.24, 2.45) is 5.92 Å². The Balaban J connectivity index is 1.30. The zero-order valence-electron chi connectivity index (χ0n) is 16.2. The number of fused-ring (bicyclic) bond motifs is 4. The van der Waals surface area contributed by atoms with E-state index in [0.717, 1.165) is 41.9 Å². The third kappa shape index (κ3) is 3.33. The average molecular weight is 422 g/mol. The van der Waals surface area contributed by atoms with Crippen LogP contribution in [0.25, 0.3) is 20.3 Å². The molecule has 1 aromatic carbocycles. The standard InChI is InChI=1S/C23H23N3OS2/c27-23-21-18-8-7-16(24-11-14-5-6-14)10-20(18)29-22(21)25-13-26(23)12-17-9-15-3-1-2-4-19(15)28-17/h1-4,9,13-14,16,24H,5-8,10-12H2/t16-/m0/s1. The van der Waals surface area contributed by atoms with Gasteiger partial charge >= 0.3 is 0 Å². The summed E-state index contributed by atoms with van der Waals surface area (Å²) in [5, 5.41) is 5.86. The van der Waals surface area contributed by atoms with E-state index in [-0.39, 0.29) is 5.56 Å². The zero-order chi connectivity index (χ0) is 19.4. The summed E-state index contributed by atoms with van der Waals surface area (Å²) in [4.78, 5) is 21.5. The quantitative estimate of drug-likeness (QED) is 0.513. The number of hydrogen-bond acceptors (Lipinski definition) is 5. The summed E-state index contributed by atoms with van der Waals surface area (Å²) in [6.07, 6.45) is 7.66. The van der Waals surface area contributed by atoms with Crippen molar-refractivity contribution in [1.29, 1.82) is 0 Å². The fourth-order valence-corrected chi connectivity index (χ4v) is 6.75. The molecule has 1 atom stereocenters. The van der Waals surface area contributed by atoms with Crippen LogP contribution in [-0.2, 0) is 19.4 Å². The third-order valence-corrected chi connectivity index (χ3v) is 8.49. The number of thiophene rings is 2. The molecule has 0 spiro atoms. The van der Waals surface area contributed by atoms with Crippen molar-refractivity contribution in [3.05, 3.63) is 62.3 Å². The lowest BCUT2D eigenvalue weighted by atomic mass is 9.93. The van der Waals surface area contributed by atoms with E-state index >= 15 is 0 Å². The van der Waals surface area contributed by atoms with E-state index in [4.69, 9.17) is 0 Å². The smallest absolute Gasteiger partial charge is 0.262 e. The highest BCUT2D eigenvalue weighted by molar-refractivity contribution is 7.19. The van der Waals surface area contributed by atoms with Crippen LogP contribution >= 0.6 is 22.7 Å². The normalized spacial score (nSPS) is 19.1. The Morgan fingerprint density at radius 3 is 2.93 bits per heavy atom. The molecule has 0 bridgehead atoms. The lowest BCUT2D eigenvalue weighted by molar-refractivity contribution is 0.453. The molecule has 6 rings (SSSR count). The van der Waals surface area contributed by atoms with Crippen LogP contribution in [0.3, 0.4) is 0 Å². The summed E-state index contributed by atoms with van der Waals surface area (Å²) in [6, 6.07) is 11.1. The zero-order valence-corrected chi connectivity index (χ0v) is 17.8. The monoisotopic (exact) mass is 421 g/mol. The number of nitrogens with zero attached hydrogens (tertiary/aromatic N) is 2. The molecular formula is C23H23N3OS2. The summed E-state index contributed by atoms with van der Waals surface area (Å²) in [5.74, 6) is 0.904. The maximum Gasteiger partial charge on any atom is 0.262 e. The van der Waals surface area contributed by atoms with Gasteiger partial charge < -0.3 is 5.32 Å². The highest BCUT2D eigenvalue weighted by Gasteiger charge is 2.27. The number of benzene rings is 1. The number of hydrogen-bond donors (Lipinski definition) is 1. The first-order valence-electron chi connectivity index (χ1n) is 10.4. The Morgan fingerprint density at radius 2 is 2.07 bits per heavy atom. The molecule has 148 valence electrons. The first-order chi connectivity index (χ1) is 14.2.